The van der Waals surface area contributed by atoms with E-state index in [9.17, 15) is 5.11 Å². The Kier molecular flexibility index (Phi) is 3.23. The first-order valence-electron chi connectivity index (χ1n) is 3.84. The third kappa shape index (κ3) is 2.42. The zero-order chi connectivity index (χ0) is 9.68. The molecule has 0 saturated carbocycles. The molecule has 13 heavy (non-hydrogen) atoms. The van der Waals surface area contributed by atoms with Gasteiger partial charge in [0, 0.05) is 6.07 Å². The van der Waals surface area contributed by atoms with Crippen molar-refractivity contribution in [3.8, 4) is 11.9 Å². The third-order valence-electron chi connectivity index (χ3n) is 1.58. The molecule has 0 aliphatic carbocycles. The van der Waals surface area contributed by atoms with Crippen LogP contribution in [0.25, 0.3) is 0 Å². The Bertz CT molecular complexity index is 320. The summed E-state index contributed by atoms with van der Waals surface area (Å²) in [6.45, 7) is 0. The Hall–Kier alpha value is -1.60. The number of aromatic nitrogens is 1. The Labute approximate surface area is 76.4 Å². The van der Waals surface area contributed by atoms with E-state index in [-0.39, 0.29) is 6.42 Å². The molecule has 4 heteroatoms. The van der Waals surface area contributed by atoms with Crippen LogP contribution in [0.15, 0.2) is 18.2 Å². The van der Waals surface area contributed by atoms with Crippen molar-refractivity contribution >= 4 is 0 Å². The summed E-state index contributed by atoms with van der Waals surface area (Å²) in [6, 6.07) is 6.94. The van der Waals surface area contributed by atoms with Crippen LogP contribution in [0.3, 0.4) is 0 Å². The molecule has 0 saturated heterocycles. The van der Waals surface area contributed by atoms with E-state index in [0.29, 0.717) is 11.6 Å². The summed E-state index contributed by atoms with van der Waals surface area (Å²) in [7, 11) is 1.50. The number of aliphatic hydroxyl groups is 1. The number of aliphatic hydroxyl groups excluding tert-OH is 1. The summed E-state index contributed by atoms with van der Waals surface area (Å²) in [4.78, 5) is 3.99. The SMILES string of the molecule is COc1cccc(C(O)CC#N)n1. The maximum atomic E-state index is 9.40. The second-order valence-corrected chi connectivity index (χ2v) is 2.48. The molecule has 1 aromatic rings. The summed E-state index contributed by atoms with van der Waals surface area (Å²) in [5.74, 6) is 0.439. The number of hydrogen-bond acceptors (Lipinski definition) is 4. The first-order chi connectivity index (χ1) is 6.27. The molecule has 4 nitrogen and oxygen atoms in total. The monoisotopic (exact) mass is 178 g/mol. The average molecular weight is 178 g/mol. The molecule has 0 amide bonds. The van der Waals surface area contributed by atoms with Gasteiger partial charge in [0.15, 0.2) is 0 Å². The lowest BCUT2D eigenvalue weighted by atomic mass is 10.2. The molecule has 1 rings (SSSR count). The fraction of sp³-hybridized carbons (Fsp3) is 0.333. The van der Waals surface area contributed by atoms with Crippen molar-refractivity contribution in [3.05, 3.63) is 23.9 Å². The first kappa shape index (κ1) is 9.49. The minimum Gasteiger partial charge on any atom is -0.481 e. The summed E-state index contributed by atoms with van der Waals surface area (Å²) in [5.41, 5.74) is 0.459. The van der Waals surface area contributed by atoms with Crippen LogP contribution in [0, 0.1) is 11.3 Å². The highest BCUT2D eigenvalue weighted by Gasteiger charge is 2.08. The van der Waals surface area contributed by atoms with Gasteiger partial charge in [0.05, 0.1) is 25.3 Å². The van der Waals surface area contributed by atoms with Crippen LogP contribution in [0.4, 0.5) is 0 Å². The lowest BCUT2D eigenvalue weighted by Crippen LogP contribution is -2.00. The van der Waals surface area contributed by atoms with Crippen molar-refractivity contribution < 1.29 is 9.84 Å². The van der Waals surface area contributed by atoms with E-state index in [0.717, 1.165) is 0 Å². The van der Waals surface area contributed by atoms with E-state index in [4.69, 9.17) is 10.00 Å². The predicted molar refractivity (Wildman–Crippen MR) is 46.0 cm³/mol. The standard InChI is InChI=1S/C9H10N2O2/c1-13-9-4-2-3-7(11-9)8(12)5-6-10/h2-4,8,12H,5H2,1H3. The van der Waals surface area contributed by atoms with Crippen LogP contribution in [0.2, 0.25) is 0 Å². The van der Waals surface area contributed by atoms with Crippen LogP contribution < -0.4 is 4.74 Å². The van der Waals surface area contributed by atoms with Crippen LogP contribution in [-0.2, 0) is 0 Å². The molecule has 0 bridgehead atoms. The maximum Gasteiger partial charge on any atom is 0.213 e. The van der Waals surface area contributed by atoms with Gasteiger partial charge in [-0.3, -0.25) is 0 Å². The van der Waals surface area contributed by atoms with Crippen LogP contribution >= 0.6 is 0 Å². The normalized spacial score (nSPS) is 11.8. The molecule has 0 fully saturated rings. The van der Waals surface area contributed by atoms with Crippen LogP contribution in [0.5, 0.6) is 5.88 Å². The van der Waals surface area contributed by atoms with E-state index in [1.807, 2.05) is 6.07 Å². The number of methoxy groups -OCH3 is 1. The van der Waals surface area contributed by atoms with Crippen LogP contribution in [0.1, 0.15) is 18.2 Å². The van der Waals surface area contributed by atoms with Crippen molar-refractivity contribution in [1.82, 2.24) is 4.98 Å². The quantitative estimate of drug-likeness (QED) is 0.750. The van der Waals surface area contributed by atoms with Gasteiger partial charge in [0.2, 0.25) is 5.88 Å². The molecule has 1 heterocycles. The van der Waals surface area contributed by atoms with Crippen molar-refractivity contribution in [3.63, 3.8) is 0 Å². The molecule has 0 aliphatic rings. The van der Waals surface area contributed by atoms with Crippen molar-refractivity contribution in [1.29, 1.82) is 5.26 Å². The van der Waals surface area contributed by atoms with E-state index < -0.39 is 6.10 Å². The number of ether oxygens (including phenoxy) is 1. The lowest BCUT2D eigenvalue weighted by molar-refractivity contribution is 0.177. The van der Waals surface area contributed by atoms with Gasteiger partial charge < -0.3 is 9.84 Å². The molecular formula is C9H10N2O2. The van der Waals surface area contributed by atoms with E-state index in [2.05, 4.69) is 4.98 Å². The predicted octanol–water partition coefficient (Wildman–Crippen LogP) is 1.04. The number of rotatable bonds is 3. The van der Waals surface area contributed by atoms with E-state index >= 15 is 0 Å². The molecule has 1 aromatic heterocycles. The van der Waals surface area contributed by atoms with Gasteiger partial charge in [-0.15, -0.1) is 0 Å². The smallest absolute Gasteiger partial charge is 0.213 e. The number of hydrogen-bond donors (Lipinski definition) is 1. The zero-order valence-electron chi connectivity index (χ0n) is 7.27. The Balaban J connectivity index is 2.83. The number of pyridine rings is 1. The average Bonchev–Trinajstić information content (AvgIpc) is 2.18. The third-order valence-corrected chi connectivity index (χ3v) is 1.58. The number of nitriles is 1. The zero-order valence-corrected chi connectivity index (χ0v) is 7.27. The number of nitrogens with zero attached hydrogens (tertiary/aromatic N) is 2. The van der Waals surface area contributed by atoms with E-state index in [1.165, 1.54) is 7.11 Å². The maximum absolute atomic E-state index is 9.40. The summed E-state index contributed by atoms with van der Waals surface area (Å²) < 4.78 is 4.88. The summed E-state index contributed by atoms with van der Waals surface area (Å²) >= 11 is 0. The summed E-state index contributed by atoms with van der Waals surface area (Å²) in [5, 5.41) is 17.8. The Morgan fingerprint density at radius 2 is 2.46 bits per heavy atom. The van der Waals surface area contributed by atoms with Crippen molar-refractivity contribution in [2.24, 2.45) is 0 Å². The fourth-order valence-electron chi connectivity index (χ4n) is 0.921. The molecule has 1 unspecified atom stereocenters. The Morgan fingerprint density at radius 1 is 1.69 bits per heavy atom. The highest BCUT2D eigenvalue weighted by Crippen LogP contribution is 2.16. The van der Waals surface area contributed by atoms with Gasteiger partial charge in [-0.1, -0.05) is 6.07 Å². The summed E-state index contributed by atoms with van der Waals surface area (Å²) in [6.07, 6.45) is -0.791. The Morgan fingerprint density at radius 3 is 3.08 bits per heavy atom. The molecule has 0 spiro atoms. The van der Waals surface area contributed by atoms with E-state index in [1.54, 1.807) is 18.2 Å². The molecule has 68 valence electrons. The first-order valence-corrected chi connectivity index (χ1v) is 3.84. The largest absolute Gasteiger partial charge is 0.481 e. The molecule has 0 aliphatic heterocycles. The van der Waals surface area contributed by atoms with Crippen molar-refractivity contribution in [2.75, 3.05) is 7.11 Å². The second-order valence-electron chi connectivity index (χ2n) is 2.48. The van der Waals surface area contributed by atoms with Crippen LogP contribution in [-0.4, -0.2) is 17.2 Å². The minimum atomic E-state index is -0.833. The fourth-order valence-corrected chi connectivity index (χ4v) is 0.921. The lowest BCUT2D eigenvalue weighted by Gasteiger charge is -2.06. The molecule has 0 radical (unpaired) electrons. The second kappa shape index (κ2) is 4.43. The van der Waals surface area contributed by atoms with Gasteiger partial charge in [-0.05, 0) is 6.07 Å². The molecule has 1 N–H and O–H groups in total. The topological polar surface area (TPSA) is 66.1 Å². The van der Waals surface area contributed by atoms with Crippen molar-refractivity contribution in [2.45, 2.75) is 12.5 Å². The van der Waals surface area contributed by atoms with Gasteiger partial charge in [-0.25, -0.2) is 4.98 Å². The molecule has 0 aromatic carbocycles. The molecule has 1 atom stereocenters. The minimum absolute atomic E-state index is 0.0418. The van der Waals surface area contributed by atoms with Gasteiger partial charge in [-0.2, -0.15) is 5.26 Å². The van der Waals surface area contributed by atoms with Gasteiger partial charge in [0.1, 0.15) is 6.10 Å². The highest BCUT2D eigenvalue weighted by atomic mass is 16.5. The van der Waals surface area contributed by atoms with Gasteiger partial charge in [0.25, 0.3) is 0 Å². The highest BCUT2D eigenvalue weighted by molar-refractivity contribution is 5.17. The molecular weight excluding hydrogens is 168 g/mol. The van der Waals surface area contributed by atoms with Gasteiger partial charge >= 0.3 is 0 Å².